The molecule has 2 aromatic rings. The number of aryl methyl sites for hydroxylation is 1. The molecule has 0 atom stereocenters. The van der Waals surface area contributed by atoms with Gasteiger partial charge in [0, 0.05) is 39.6 Å². The van der Waals surface area contributed by atoms with Gasteiger partial charge in [-0.25, -0.2) is 0 Å². The minimum Gasteiger partial charge on any atom is -0.380 e. The zero-order valence-electron chi connectivity index (χ0n) is 10.7. The molecule has 18 heavy (non-hydrogen) atoms. The first-order valence-corrected chi connectivity index (χ1v) is 7.38. The maximum Gasteiger partial charge on any atom is 0.0498 e. The highest BCUT2D eigenvalue weighted by Gasteiger charge is 2.06. The summed E-state index contributed by atoms with van der Waals surface area (Å²) in [5.41, 5.74) is 5.04. The summed E-state index contributed by atoms with van der Waals surface area (Å²) in [6.45, 7) is 5.12. The lowest BCUT2D eigenvalue weighted by atomic mass is 10.2. The van der Waals surface area contributed by atoms with Crippen molar-refractivity contribution in [2.75, 3.05) is 5.32 Å². The monoisotopic (exact) mass is 370 g/mol. The predicted octanol–water partition coefficient (Wildman–Crippen LogP) is 4.78. The van der Waals surface area contributed by atoms with Crippen LogP contribution in [0.15, 0.2) is 33.2 Å². The van der Waals surface area contributed by atoms with Crippen LogP contribution in [0.4, 0.5) is 5.69 Å². The van der Waals surface area contributed by atoms with Crippen LogP contribution in [-0.4, -0.2) is 4.57 Å². The molecule has 96 valence electrons. The minimum absolute atomic E-state index is 0.836. The second kappa shape index (κ2) is 5.49. The number of rotatable bonds is 3. The van der Waals surface area contributed by atoms with E-state index in [4.69, 9.17) is 0 Å². The van der Waals surface area contributed by atoms with Crippen molar-refractivity contribution in [3.05, 3.63) is 50.2 Å². The van der Waals surface area contributed by atoms with Gasteiger partial charge in [0.05, 0.1) is 0 Å². The number of benzene rings is 1. The van der Waals surface area contributed by atoms with Gasteiger partial charge in [0.25, 0.3) is 0 Å². The van der Waals surface area contributed by atoms with Gasteiger partial charge in [-0.3, -0.25) is 0 Å². The molecule has 0 aliphatic rings. The second-order valence-electron chi connectivity index (χ2n) is 4.43. The van der Waals surface area contributed by atoms with Crippen LogP contribution >= 0.6 is 31.9 Å². The van der Waals surface area contributed by atoms with Crippen LogP contribution in [0.1, 0.15) is 17.0 Å². The number of hydrogen-bond donors (Lipinski definition) is 1. The molecule has 0 spiro atoms. The number of halogens is 2. The molecule has 0 radical (unpaired) electrons. The molecule has 1 aromatic heterocycles. The molecule has 0 unspecified atom stereocenters. The molecule has 0 amide bonds. The van der Waals surface area contributed by atoms with Crippen molar-refractivity contribution in [1.82, 2.24) is 4.57 Å². The van der Waals surface area contributed by atoms with Crippen molar-refractivity contribution < 1.29 is 0 Å². The van der Waals surface area contributed by atoms with Crippen molar-refractivity contribution in [1.29, 1.82) is 0 Å². The molecule has 0 saturated heterocycles. The minimum atomic E-state index is 0.836. The Labute approximate surface area is 125 Å². The smallest absolute Gasteiger partial charge is 0.0498 e. The third-order valence-electron chi connectivity index (χ3n) is 3.28. The fourth-order valence-corrected chi connectivity index (χ4v) is 2.68. The normalized spacial score (nSPS) is 10.7. The molecule has 4 heteroatoms. The fraction of sp³-hybridized carbons (Fsp3) is 0.286. The Bertz CT molecular complexity index is 573. The SMILES string of the molecule is Cc1cc(CNc2cc(Br)ccc2Br)c(C)n1C. The molecule has 0 aliphatic heterocycles. The molecule has 0 aliphatic carbocycles. The number of aromatic nitrogens is 1. The van der Waals surface area contributed by atoms with Crippen LogP contribution in [0.25, 0.3) is 0 Å². The van der Waals surface area contributed by atoms with Gasteiger partial charge in [0.15, 0.2) is 0 Å². The van der Waals surface area contributed by atoms with Gasteiger partial charge < -0.3 is 9.88 Å². The summed E-state index contributed by atoms with van der Waals surface area (Å²) in [6.07, 6.45) is 0. The van der Waals surface area contributed by atoms with Crippen molar-refractivity contribution in [3.8, 4) is 0 Å². The molecule has 1 heterocycles. The fourth-order valence-electron chi connectivity index (χ4n) is 1.94. The highest BCUT2D eigenvalue weighted by molar-refractivity contribution is 9.11. The van der Waals surface area contributed by atoms with E-state index >= 15 is 0 Å². The largest absolute Gasteiger partial charge is 0.380 e. The van der Waals surface area contributed by atoms with E-state index in [0.717, 1.165) is 21.2 Å². The topological polar surface area (TPSA) is 17.0 Å². The predicted molar refractivity (Wildman–Crippen MR) is 84.1 cm³/mol. The van der Waals surface area contributed by atoms with Gasteiger partial charge in [-0.05, 0) is 59.6 Å². The van der Waals surface area contributed by atoms with Crippen LogP contribution in [-0.2, 0) is 13.6 Å². The Hall–Kier alpha value is -0.740. The second-order valence-corrected chi connectivity index (χ2v) is 6.20. The molecule has 1 N–H and O–H groups in total. The number of anilines is 1. The molecule has 2 nitrogen and oxygen atoms in total. The van der Waals surface area contributed by atoms with Crippen LogP contribution in [0.5, 0.6) is 0 Å². The molecular formula is C14H16Br2N2. The molecule has 0 fully saturated rings. The number of hydrogen-bond acceptors (Lipinski definition) is 1. The first-order valence-electron chi connectivity index (χ1n) is 5.79. The van der Waals surface area contributed by atoms with Crippen molar-refractivity contribution >= 4 is 37.5 Å². The van der Waals surface area contributed by atoms with E-state index in [1.54, 1.807) is 0 Å². The van der Waals surface area contributed by atoms with E-state index in [2.05, 4.69) is 74.8 Å². The Kier molecular flexibility index (Phi) is 4.17. The van der Waals surface area contributed by atoms with Crippen LogP contribution in [0.2, 0.25) is 0 Å². The molecular weight excluding hydrogens is 356 g/mol. The van der Waals surface area contributed by atoms with Crippen molar-refractivity contribution in [2.45, 2.75) is 20.4 Å². The van der Waals surface area contributed by atoms with E-state index in [-0.39, 0.29) is 0 Å². The Balaban J connectivity index is 2.16. The maximum absolute atomic E-state index is 3.55. The molecule has 0 saturated carbocycles. The summed E-state index contributed by atoms with van der Waals surface area (Å²) in [5.74, 6) is 0. The highest BCUT2D eigenvalue weighted by atomic mass is 79.9. The number of nitrogens with zero attached hydrogens (tertiary/aromatic N) is 1. The quantitative estimate of drug-likeness (QED) is 0.821. The highest BCUT2D eigenvalue weighted by Crippen LogP contribution is 2.27. The summed E-state index contributed by atoms with van der Waals surface area (Å²) < 4.78 is 4.37. The maximum atomic E-state index is 3.55. The van der Waals surface area contributed by atoms with Crippen molar-refractivity contribution in [3.63, 3.8) is 0 Å². The lowest BCUT2D eigenvalue weighted by Crippen LogP contribution is -2.02. The van der Waals surface area contributed by atoms with E-state index in [9.17, 15) is 0 Å². The zero-order valence-corrected chi connectivity index (χ0v) is 13.9. The molecule has 2 rings (SSSR count). The number of nitrogens with one attached hydrogen (secondary N) is 1. The van der Waals surface area contributed by atoms with Crippen LogP contribution < -0.4 is 5.32 Å². The van der Waals surface area contributed by atoms with Crippen LogP contribution in [0, 0.1) is 13.8 Å². The van der Waals surface area contributed by atoms with Gasteiger partial charge >= 0.3 is 0 Å². The summed E-state index contributed by atoms with van der Waals surface area (Å²) >= 11 is 7.04. The molecule has 1 aromatic carbocycles. The van der Waals surface area contributed by atoms with Gasteiger partial charge in [0.2, 0.25) is 0 Å². The first kappa shape index (κ1) is 13.7. The third kappa shape index (κ3) is 2.81. The van der Waals surface area contributed by atoms with Gasteiger partial charge in [0.1, 0.15) is 0 Å². The summed E-state index contributed by atoms with van der Waals surface area (Å²) in [5, 5.41) is 3.46. The summed E-state index contributed by atoms with van der Waals surface area (Å²) in [7, 11) is 2.10. The average Bonchev–Trinajstić information content (AvgIpc) is 2.58. The van der Waals surface area contributed by atoms with Gasteiger partial charge in [-0.2, -0.15) is 0 Å². The molecule has 0 bridgehead atoms. The third-order valence-corrected chi connectivity index (χ3v) is 4.46. The standard InChI is InChI=1S/C14H16Br2N2/c1-9-6-11(10(2)18(9)3)8-17-14-7-12(15)4-5-13(14)16/h4-7,17H,8H2,1-3H3. The first-order chi connectivity index (χ1) is 8.49. The van der Waals surface area contributed by atoms with Gasteiger partial charge in [-0.15, -0.1) is 0 Å². The average molecular weight is 372 g/mol. The van der Waals surface area contributed by atoms with E-state index in [1.807, 2.05) is 12.1 Å². The van der Waals surface area contributed by atoms with Crippen LogP contribution in [0.3, 0.4) is 0 Å². The lowest BCUT2D eigenvalue weighted by Gasteiger charge is -2.09. The van der Waals surface area contributed by atoms with Crippen molar-refractivity contribution in [2.24, 2.45) is 7.05 Å². The Morgan fingerprint density at radius 3 is 2.50 bits per heavy atom. The van der Waals surface area contributed by atoms with Gasteiger partial charge in [-0.1, -0.05) is 15.9 Å². The lowest BCUT2D eigenvalue weighted by molar-refractivity contribution is 0.837. The summed E-state index contributed by atoms with van der Waals surface area (Å²) in [4.78, 5) is 0. The summed E-state index contributed by atoms with van der Waals surface area (Å²) in [6, 6.07) is 8.37. The Morgan fingerprint density at radius 2 is 1.89 bits per heavy atom. The van der Waals surface area contributed by atoms with E-state index in [1.165, 1.54) is 17.0 Å². The Morgan fingerprint density at radius 1 is 1.17 bits per heavy atom. The zero-order chi connectivity index (χ0) is 13.3. The van der Waals surface area contributed by atoms with E-state index < -0.39 is 0 Å². The van der Waals surface area contributed by atoms with E-state index in [0.29, 0.717) is 0 Å².